The van der Waals surface area contributed by atoms with Crippen LogP contribution in [0.15, 0.2) is 18.7 Å². The third kappa shape index (κ3) is 3.12. The summed E-state index contributed by atoms with van der Waals surface area (Å²) in [6, 6.07) is 0. The second-order valence-corrected chi connectivity index (χ2v) is 5.75. The molecule has 21 heavy (non-hydrogen) atoms. The van der Waals surface area contributed by atoms with Gasteiger partial charge in [-0.15, -0.1) is 0 Å². The standard InChI is InChI=1S/C14H21N7/c1-14(6-4-3-5-7-14)20-12-17-11(15-2)18-13(19-12)21-9-8-16-10-21/h8-10H,3-7H2,1-2H3,(H2,15,17,18,19,20). The molecule has 3 rings (SSSR count). The zero-order valence-corrected chi connectivity index (χ0v) is 12.5. The lowest BCUT2D eigenvalue weighted by molar-refractivity contribution is 0.347. The minimum atomic E-state index is 0.0663. The van der Waals surface area contributed by atoms with Crippen molar-refractivity contribution < 1.29 is 0 Å². The average molecular weight is 287 g/mol. The third-order valence-electron chi connectivity index (χ3n) is 3.95. The van der Waals surface area contributed by atoms with Crippen LogP contribution in [-0.4, -0.2) is 37.1 Å². The van der Waals surface area contributed by atoms with Gasteiger partial charge in [-0.05, 0) is 19.8 Å². The van der Waals surface area contributed by atoms with Gasteiger partial charge in [0.2, 0.25) is 17.8 Å². The van der Waals surface area contributed by atoms with Crippen LogP contribution in [0.25, 0.3) is 5.95 Å². The van der Waals surface area contributed by atoms with Gasteiger partial charge in [-0.25, -0.2) is 4.98 Å². The van der Waals surface area contributed by atoms with Gasteiger partial charge in [0.05, 0.1) is 0 Å². The lowest BCUT2D eigenvalue weighted by Gasteiger charge is -2.34. The number of rotatable bonds is 4. The smallest absolute Gasteiger partial charge is 0.241 e. The van der Waals surface area contributed by atoms with Gasteiger partial charge in [0, 0.05) is 25.0 Å². The van der Waals surface area contributed by atoms with Crippen LogP contribution in [-0.2, 0) is 0 Å². The van der Waals surface area contributed by atoms with Crippen molar-refractivity contribution >= 4 is 11.9 Å². The van der Waals surface area contributed by atoms with Crippen LogP contribution < -0.4 is 10.6 Å². The van der Waals surface area contributed by atoms with Crippen molar-refractivity contribution in [1.29, 1.82) is 0 Å². The summed E-state index contributed by atoms with van der Waals surface area (Å²) in [5, 5.41) is 6.48. The van der Waals surface area contributed by atoms with E-state index in [1.165, 1.54) is 19.3 Å². The van der Waals surface area contributed by atoms with Crippen LogP contribution >= 0.6 is 0 Å². The third-order valence-corrected chi connectivity index (χ3v) is 3.95. The first kappa shape index (κ1) is 13.8. The Morgan fingerprint density at radius 2 is 1.86 bits per heavy atom. The maximum absolute atomic E-state index is 4.51. The quantitative estimate of drug-likeness (QED) is 0.897. The van der Waals surface area contributed by atoms with Crippen LogP contribution in [0.3, 0.4) is 0 Å². The predicted octanol–water partition coefficient (Wildman–Crippen LogP) is 2.23. The molecule has 0 amide bonds. The molecule has 2 aromatic heterocycles. The molecule has 1 fully saturated rings. The van der Waals surface area contributed by atoms with Gasteiger partial charge < -0.3 is 10.6 Å². The van der Waals surface area contributed by atoms with Crippen molar-refractivity contribution in [2.24, 2.45) is 0 Å². The molecule has 112 valence electrons. The molecular weight excluding hydrogens is 266 g/mol. The van der Waals surface area contributed by atoms with Gasteiger partial charge in [-0.1, -0.05) is 19.3 Å². The number of hydrogen-bond acceptors (Lipinski definition) is 6. The molecule has 7 heteroatoms. The topological polar surface area (TPSA) is 80.5 Å². The Bertz CT molecular complexity index is 587. The normalized spacial score (nSPS) is 17.4. The van der Waals surface area contributed by atoms with Gasteiger partial charge in [-0.2, -0.15) is 15.0 Å². The van der Waals surface area contributed by atoms with Crippen molar-refractivity contribution in [1.82, 2.24) is 24.5 Å². The highest BCUT2D eigenvalue weighted by molar-refractivity contribution is 5.39. The van der Waals surface area contributed by atoms with Crippen molar-refractivity contribution in [3.05, 3.63) is 18.7 Å². The van der Waals surface area contributed by atoms with Crippen LogP contribution in [0.1, 0.15) is 39.0 Å². The van der Waals surface area contributed by atoms with Gasteiger partial charge in [0.25, 0.3) is 0 Å². The minimum absolute atomic E-state index is 0.0663. The number of nitrogens with one attached hydrogen (secondary N) is 2. The van der Waals surface area contributed by atoms with E-state index < -0.39 is 0 Å². The molecule has 1 aliphatic carbocycles. The summed E-state index contributed by atoms with van der Waals surface area (Å²) < 4.78 is 1.77. The Morgan fingerprint density at radius 1 is 1.10 bits per heavy atom. The summed E-state index contributed by atoms with van der Waals surface area (Å²) in [6.07, 6.45) is 11.3. The van der Waals surface area contributed by atoms with Crippen molar-refractivity contribution in [3.63, 3.8) is 0 Å². The van der Waals surface area contributed by atoms with Gasteiger partial charge in [0.15, 0.2) is 0 Å². The van der Waals surface area contributed by atoms with Gasteiger partial charge in [0.1, 0.15) is 6.33 Å². The highest BCUT2D eigenvalue weighted by Crippen LogP contribution is 2.30. The Labute approximate surface area is 124 Å². The van der Waals surface area contributed by atoms with E-state index in [0.717, 1.165) is 12.8 Å². The van der Waals surface area contributed by atoms with E-state index in [9.17, 15) is 0 Å². The summed E-state index contributed by atoms with van der Waals surface area (Å²) in [7, 11) is 1.80. The average Bonchev–Trinajstić information content (AvgIpc) is 3.01. The summed E-state index contributed by atoms with van der Waals surface area (Å²) >= 11 is 0. The Balaban J connectivity index is 1.89. The molecule has 1 aliphatic rings. The van der Waals surface area contributed by atoms with Gasteiger partial charge in [-0.3, -0.25) is 4.57 Å². The number of imidazole rings is 1. The molecule has 2 heterocycles. The zero-order valence-electron chi connectivity index (χ0n) is 12.5. The minimum Gasteiger partial charge on any atom is -0.357 e. The van der Waals surface area contributed by atoms with Crippen molar-refractivity contribution in [2.75, 3.05) is 17.7 Å². The highest BCUT2D eigenvalue weighted by atomic mass is 15.3. The van der Waals surface area contributed by atoms with Crippen molar-refractivity contribution in [3.8, 4) is 5.95 Å². The number of anilines is 2. The van der Waals surface area contributed by atoms with E-state index in [1.54, 1.807) is 24.1 Å². The van der Waals surface area contributed by atoms with E-state index >= 15 is 0 Å². The first-order chi connectivity index (χ1) is 10.2. The second-order valence-electron chi connectivity index (χ2n) is 5.75. The molecule has 1 saturated carbocycles. The monoisotopic (exact) mass is 287 g/mol. The molecule has 0 bridgehead atoms. The maximum Gasteiger partial charge on any atom is 0.241 e. The summed E-state index contributed by atoms with van der Waals surface area (Å²) in [6.45, 7) is 2.24. The fraction of sp³-hybridized carbons (Fsp3) is 0.571. The molecule has 0 aromatic carbocycles. The summed E-state index contributed by atoms with van der Waals surface area (Å²) in [5.74, 6) is 1.73. The summed E-state index contributed by atoms with van der Waals surface area (Å²) in [5.41, 5.74) is 0.0663. The Kier molecular flexibility index (Phi) is 3.72. The first-order valence-electron chi connectivity index (χ1n) is 7.39. The predicted molar refractivity (Wildman–Crippen MR) is 81.6 cm³/mol. The Morgan fingerprint density at radius 3 is 2.52 bits per heavy atom. The van der Waals surface area contributed by atoms with Crippen LogP contribution in [0, 0.1) is 0 Å². The molecule has 0 radical (unpaired) electrons. The molecule has 0 unspecified atom stereocenters. The fourth-order valence-corrected chi connectivity index (χ4v) is 2.75. The molecular formula is C14H21N7. The van der Waals surface area contributed by atoms with E-state index in [0.29, 0.717) is 17.8 Å². The number of nitrogens with zero attached hydrogens (tertiary/aromatic N) is 5. The SMILES string of the molecule is CNc1nc(NC2(C)CCCCC2)nc(-n2ccnc2)n1. The second kappa shape index (κ2) is 5.67. The zero-order chi connectivity index (χ0) is 14.7. The molecule has 0 atom stereocenters. The largest absolute Gasteiger partial charge is 0.357 e. The van der Waals surface area contributed by atoms with Crippen LogP contribution in [0.4, 0.5) is 11.9 Å². The van der Waals surface area contributed by atoms with E-state index in [2.05, 4.69) is 37.5 Å². The molecule has 0 saturated heterocycles. The lowest BCUT2D eigenvalue weighted by atomic mass is 9.83. The fourth-order valence-electron chi connectivity index (χ4n) is 2.75. The van der Waals surface area contributed by atoms with Crippen LogP contribution in [0.5, 0.6) is 0 Å². The first-order valence-corrected chi connectivity index (χ1v) is 7.39. The number of aromatic nitrogens is 5. The molecule has 2 N–H and O–H groups in total. The molecule has 2 aromatic rings. The highest BCUT2D eigenvalue weighted by Gasteiger charge is 2.27. The molecule has 0 aliphatic heterocycles. The molecule has 7 nitrogen and oxygen atoms in total. The van der Waals surface area contributed by atoms with Crippen molar-refractivity contribution in [2.45, 2.75) is 44.6 Å². The van der Waals surface area contributed by atoms with E-state index in [-0.39, 0.29) is 5.54 Å². The Hall–Kier alpha value is -2.18. The van der Waals surface area contributed by atoms with E-state index in [4.69, 9.17) is 0 Å². The summed E-state index contributed by atoms with van der Waals surface area (Å²) in [4.78, 5) is 17.3. The van der Waals surface area contributed by atoms with Crippen LogP contribution in [0.2, 0.25) is 0 Å². The van der Waals surface area contributed by atoms with E-state index in [1.807, 2.05) is 6.20 Å². The molecule has 0 spiro atoms. The maximum atomic E-state index is 4.51. The number of hydrogen-bond donors (Lipinski definition) is 2. The lowest BCUT2D eigenvalue weighted by Crippen LogP contribution is -2.37. The van der Waals surface area contributed by atoms with Gasteiger partial charge >= 0.3 is 0 Å².